The molecule has 1 aromatic carbocycles. The molecule has 1 aromatic rings. The van der Waals surface area contributed by atoms with Gasteiger partial charge in [0.2, 0.25) is 0 Å². The highest BCUT2D eigenvalue weighted by atomic mass is 16.1. The maximum atomic E-state index is 12.9. The Kier molecular flexibility index (Phi) is 3.58. The fourth-order valence-corrected chi connectivity index (χ4v) is 3.21. The summed E-state index contributed by atoms with van der Waals surface area (Å²) in [4.78, 5) is 15.0. The summed E-state index contributed by atoms with van der Waals surface area (Å²) in [6.07, 6.45) is 4.31. The monoisotopic (exact) mass is 245 g/mol. The number of Topliss-reactive ketones (excluding diaryl/α,β-unsaturated/α-hetero) is 1. The van der Waals surface area contributed by atoms with Crippen LogP contribution in [0, 0.1) is 13.8 Å². The molecule has 2 rings (SSSR count). The van der Waals surface area contributed by atoms with Crippen molar-refractivity contribution in [1.82, 2.24) is 4.90 Å². The summed E-state index contributed by atoms with van der Waals surface area (Å²) < 4.78 is 0. The highest BCUT2D eigenvalue weighted by molar-refractivity contribution is 6.03. The van der Waals surface area contributed by atoms with Crippen LogP contribution in [0.25, 0.3) is 0 Å². The summed E-state index contributed by atoms with van der Waals surface area (Å²) >= 11 is 0. The molecule has 1 fully saturated rings. The maximum absolute atomic E-state index is 12.9. The normalized spacial score (nSPS) is 18.3. The van der Waals surface area contributed by atoms with Gasteiger partial charge in [-0.15, -0.1) is 0 Å². The van der Waals surface area contributed by atoms with Gasteiger partial charge < -0.3 is 0 Å². The molecule has 1 aliphatic carbocycles. The van der Waals surface area contributed by atoms with E-state index in [1.165, 1.54) is 11.1 Å². The molecule has 0 radical (unpaired) electrons. The Morgan fingerprint density at radius 1 is 1.06 bits per heavy atom. The third kappa shape index (κ3) is 2.22. The molecular weight excluding hydrogens is 222 g/mol. The second-order valence-electron chi connectivity index (χ2n) is 5.84. The van der Waals surface area contributed by atoms with Crippen LogP contribution in [-0.2, 0) is 0 Å². The van der Waals surface area contributed by atoms with Crippen LogP contribution in [0.1, 0.15) is 47.2 Å². The van der Waals surface area contributed by atoms with Crippen LogP contribution in [0.4, 0.5) is 0 Å². The Balaban J connectivity index is 2.40. The van der Waals surface area contributed by atoms with Crippen molar-refractivity contribution in [2.24, 2.45) is 0 Å². The van der Waals surface area contributed by atoms with Gasteiger partial charge in [0.1, 0.15) is 0 Å². The Bertz CT molecular complexity index is 436. The van der Waals surface area contributed by atoms with E-state index in [0.29, 0.717) is 5.78 Å². The third-order valence-electron chi connectivity index (χ3n) is 4.19. The first kappa shape index (κ1) is 13.3. The number of hydrogen-bond acceptors (Lipinski definition) is 2. The number of carbonyl (C=O) groups excluding carboxylic acids is 1. The first-order chi connectivity index (χ1) is 8.45. The zero-order valence-corrected chi connectivity index (χ0v) is 11.9. The van der Waals surface area contributed by atoms with Gasteiger partial charge in [-0.3, -0.25) is 9.69 Å². The molecule has 0 amide bonds. The van der Waals surface area contributed by atoms with Gasteiger partial charge in [-0.05, 0) is 52.9 Å². The molecule has 1 saturated carbocycles. The second kappa shape index (κ2) is 4.85. The Morgan fingerprint density at radius 2 is 1.56 bits per heavy atom. The molecular formula is C16H23NO. The smallest absolute Gasteiger partial charge is 0.183 e. The van der Waals surface area contributed by atoms with Gasteiger partial charge in [-0.2, -0.15) is 0 Å². The summed E-state index contributed by atoms with van der Waals surface area (Å²) in [5.74, 6) is 0.303. The minimum Gasteiger partial charge on any atom is -0.297 e. The standard InChI is InChI=1S/C16H23NO/c1-12-9-13(2)11-14(10-12)15(18)16(17(3)4)7-5-6-8-16/h9-11H,5-8H2,1-4H3. The summed E-state index contributed by atoms with van der Waals surface area (Å²) in [5, 5.41) is 0. The zero-order chi connectivity index (χ0) is 13.3. The van der Waals surface area contributed by atoms with E-state index in [2.05, 4.69) is 24.8 Å². The van der Waals surface area contributed by atoms with Crippen LogP contribution in [0.15, 0.2) is 18.2 Å². The lowest BCUT2D eigenvalue weighted by molar-refractivity contribution is 0.0693. The van der Waals surface area contributed by atoms with Gasteiger partial charge in [0.25, 0.3) is 0 Å². The number of likely N-dealkylation sites (N-methyl/N-ethyl adjacent to an activating group) is 1. The van der Waals surface area contributed by atoms with Crippen LogP contribution >= 0.6 is 0 Å². The summed E-state index contributed by atoms with van der Waals surface area (Å²) in [6.45, 7) is 4.11. The molecule has 0 saturated heterocycles. The van der Waals surface area contributed by atoms with E-state index in [9.17, 15) is 4.79 Å². The van der Waals surface area contributed by atoms with Crippen molar-refractivity contribution in [2.75, 3.05) is 14.1 Å². The molecule has 0 aliphatic heterocycles. The molecule has 0 N–H and O–H groups in total. The molecule has 0 spiro atoms. The molecule has 0 atom stereocenters. The van der Waals surface area contributed by atoms with E-state index in [1.807, 2.05) is 26.2 Å². The van der Waals surface area contributed by atoms with Crippen molar-refractivity contribution in [3.8, 4) is 0 Å². The number of carbonyl (C=O) groups is 1. The van der Waals surface area contributed by atoms with E-state index < -0.39 is 0 Å². The van der Waals surface area contributed by atoms with Crippen LogP contribution in [0.3, 0.4) is 0 Å². The fourth-order valence-electron chi connectivity index (χ4n) is 3.21. The second-order valence-corrected chi connectivity index (χ2v) is 5.84. The van der Waals surface area contributed by atoms with Gasteiger partial charge in [-0.1, -0.05) is 30.0 Å². The Labute approximate surface area is 110 Å². The number of hydrogen-bond donors (Lipinski definition) is 0. The highest BCUT2D eigenvalue weighted by Crippen LogP contribution is 2.36. The van der Waals surface area contributed by atoms with Gasteiger partial charge in [-0.25, -0.2) is 0 Å². The number of nitrogens with zero attached hydrogens (tertiary/aromatic N) is 1. The molecule has 0 bridgehead atoms. The lowest BCUT2D eigenvalue weighted by Crippen LogP contribution is -2.48. The van der Waals surface area contributed by atoms with Crippen LogP contribution < -0.4 is 0 Å². The van der Waals surface area contributed by atoms with Crippen molar-refractivity contribution in [2.45, 2.75) is 45.1 Å². The van der Waals surface area contributed by atoms with Crippen molar-refractivity contribution in [1.29, 1.82) is 0 Å². The summed E-state index contributed by atoms with van der Waals surface area (Å²) in [5.41, 5.74) is 2.96. The molecule has 98 valence electrons. The predicted octanol–water partition coefficient (Wildman–Crippen LogP) is 3.36. The lowest BCUT2D eigenvalue weighted by atomic mass is 9.85. The molecule has 2 nitrogen and oxygen atoms in total. The van der Waals surface area contributed by atoms with Crippen molar-refractivity contribution >= 4 is 5.78 Å². The quantitative estimate of drug-likeness (QED) is 0.761. The predicted molar refractivity (Wildman–Crippen MR) is 75.1 cm³/mol. The van der Waals surface area contributed by atoms with Crippen LogP contribution in [0.5, 0.6) is 0 Å². The Hall–Kier alpha value is -1.15. The molecule has 0 heterocycles. The minimum absolute atomic E-state index is 0.264. The van der Waals surface area contributed by atoms with Crippen molar-refractivity contribution < 1.29 is 4.79 Å². The highest BCUT2D eigenvalue weighted by Gasteiger charge is 2.43. The van der Waals surface area contributed by atoms with Crippen LogP contribution in [-0.4, -0.2) is 30.3 Å². The first-order valence-electron chi connectivity index (χ1n) is 6.76. The average molecular weight is 245 g/mol. The van der Waals surface area contributed by atoms with Crippen molar-refractivity contribution in [3.63, 3.8) is 0 Å². The van der Waals surface area contributed by atoms with E-state index >= 15 is 0 Å². The topological polar surface area (TPSA) is 20.3 Å². The SMILES string of the molecule is Cc1cc(C)cc(C(=O)C2(N(C)C)CCCC2)c1. The van der Waals surface area contributed by atoms with Gasteiger partial charge in [0.05, 0.1) is 5.54 Å². The van der Waals surface area contributed by atoms with E-state index in [0.717, 1.165) is 31.2 Å². The van der Waals surface area contributed by atoms with Gasteiger partial charge >= 0.3 is 0 Å². The summed E-state index contributed by atoms with van der Waals surface area (Å²) in [6, 6.07) is 6.17. The van der Waals surface area contributed by atoms with Crippen molar-refractivity contribution in [3.05, 3.63) is 34.9 Å². The van der Waals surface area contributed by atoms with Gasteiger partial charge in [0.15, 0.2) is 5.78 Å². The largest absolute Gasteiger partial charge is 0.297 e. The van der Waals surface area contributed by atoms with Gasteiger partial charge in [0, 0.05) is 5.56 Å². The number of ketones is 1. The number of benzene rings is 1. The molecule has 0 aromatic heterocycles. The maximum Gasteiger partial charge on any atom is 0.183 e. The van der Waals surface area contributed by atoms with E-state index in [1.54, 1.807) is 0 Å². The average Bonchev–Trinajstić information content (AvgIpc) is 2.76. The number of rotatable bonds is 3. The molecule has 18 heavy (non-hydrogen) atoms. The lowest BCUT2D eigenvalue weighted by Gasteiger charge is -2.35. The summed E-state index contributed by atoms with van der Waals surface area (Å²) in [7, 11) is 4.07. The van der Waals surface area contributed by atoms with Crippen LogP contribution in [0.2, 0.25) is 0 Å². The molecule has 1 aliphatic rings. The number of aryl methyl sites for hydroxylation is 2. The van der Waals surface area contributed by atoms with E-state index in [4.69, 9.17) is 0 Å². The first-order valence-corrected chi connectivity index (χ1v) is 6.76. The zero-order valence-electron chi connectivity index (χ0n) is 11.9. The van der Waals surface area contributed by atoms with E-state index in [-0.39, 0.29) is 5.54 Å². The Morgan fingerprint density at radius 3 is 2.00 bits per heavy atom. The fraction of sp³-hybridized carbons (Fsp3) is 0.562. The third-order valence-corrected chi connectivity index (χ3v) is 4.19. The molecule has 2 heteroatoms. The molecule has 0 unspecified atom stereocenters. The minimum atomic E-state index is -0.264.